The molecule has 0 radical (unpaired) electrons. The molecule has 1 aliphatic carbocycles. The Bertz CT molecular complexity index is 245. The summed E-state index contributed by atoms with van der Waals surface area (Å²) in [5, 5.41) is 3.76. The molecule has 0 aromatic carbocycles. The number of hydrogen-bond donors (Lipinski definition) is 1. The smallest absolute Gasteiger partial charge is 0.0502 e. The first kappa shape index (κ1) is 15.3. The molecule has 0 aromatic heterocycles. The summed E-state index contributed by atoms with van der Waals surface area (Å²) in [5.74, 6) is 1.65. The zero-order valence-corrected chi connectivity index (χ0v) is 12.9. The van der Waals surface area contributed by atoms with Crippen molar-refractivity contribution in [3.63, 3.8) is 0 Å². The third-order valence-electron chi connectivity index (χ3n) is 4.81. The molecule has 1 saturated heterocycles. The van der Waals surface area contributed by atoms with Gasteiger partial charge >= 0.3 is 0 Å². The van der Waals surface area contributed by atoms with E-state index in [4.69, 9.17) is 4.74 Å². The van der Waals surface area contributed by atoms with E-state index in [1.165, 1.54) is 64.7 Å². The average molecular weight is 268 g/mol. The second kappa shape index (κ2) is 8.23. The van der Waals surface area contributed by atoms with Crippen LogP contribution in [-0.4, -0.2) is 50.8 Å². The molecule has 19 heavy (non-hydrogen) atoms. The van der Waals surface area contributed by atoms with Crippen LogP contribution in [0.25, 0.3) is 0 Å². The van der Waals surface area contributed by atoms with Gasteiger partial charge in [0, 0.05) is 26.2 Å². The van der Waals surface area contributed by atoms with Crippen molar-refractivity contribution in [2.24, 2.45) is 11.8 Å². The molecule has 1 heterocycles. The molecule has 3 nitrogen and oxygen atoms in total. The maximum absolute atomic E-state index is 5.33. The number of nitrogens with zero attached hydrogens (tertiary/aromatic N) is 1. The first-order valence-electron chi connectivity index (χ1n) is 8.28. The molecule has 2 rings (SSSR count). The number of nitrogens with one attached hydrogen (secondary N) is 1. The van der Waals surface area contributed by atoms with E-state index in [2.05, 4.69) is 17.1 Å². The Hall–Kier alpha value is -0.120. The summed E-state index contributed by atoms with van der Waals surface area (Å²) in [6.45, 7) is 8.26. The van der Waals surface area contributed by atoms with Crippen LogP contribution in [0, 0.1) is 11.8 Å². The number of hydrogen-bond acceptors (Lipinski definition) is 3. The SMILES string of the molecule is CCCNC1CCCC1CN1CCCC(COC)C1. The molecule has 0 aromatic rings. The quantitative estimate of drug-likeness (QED) is 0.768. The predicted molar refractivity (Wildman–Crippen MR) is 80.5 cm³/mol. The molecule has 3 unspecified atom stereocenters. The van der Waals surface area contributed by atoms with Gasteiger partial charge in [-0.25, -0.2) is 0 Å². The standard InChI is InChI=1S/C16H32N2O/c1-3-9-17-16-8-4-7-15(16)12-18-10-5-6-14(11-18)13-19-2/h14-17H,3-13H2,1-2H3. The van der Waals surface area contributed by atoms with Gasteiger partial charge in [-0.3, -0.25) is 0 Å². The van der Waals surface area contributed by atoms with Gasteiger partial charge in [-0.1, -0.05) is 13.3 Å². The highest BCUT2D eigenvalue weighted by atomic mass is 16.5. The van der Waals surface area contributed by atoms with E-state index in [1.807, 2.05) is 7.11 Å². The van der Waals surface area contributed by atoms with Crippen LogP contribution < -0.4 is 5.32 Å². The molecule has 1 aliphatic heterocycles. The van der Waals surface area contributed by atoms with E-state index < -0.39 is 0 Å². The van der Waals surface area contributed by atoms with Crippen LogP contribution in [0.15, 0.2) is 0 Å². The fourth-order valence-electron chi connectivity index (χ4n) is 3.87. The first-order valence-corrected chi connectivity index (χ1v) is 8.28. The minimum absolute atomic E-state index is 0.766. The van der Waals surface area contributed by atoms with Crippen molar-refractivity contribution in [1.29, 1.82) is 0 Å². The fourth-order valence-corrected chi connectivity index (χ4v) is 3.87. The van der Waals surface area contributed by atoms with Gasteiger partial charge in [0.1, 0.15) is 0 Å². The maximum Gasteiger partial charge on any atom is 0.0502 e. The van der Waals surface area contributed by atoms with Crippen LogP contribution in [0.4, 0.5) is 0 Å². The van der Waals surface area contributed by atoms with Crippen LogP contribution >= 0.6 is 0 Å². The van der Waals surface area contributed by atoms with Crippen molar-refractivity contribution in [2.45, 2.75) is 51.5 Å². The van der Waals surface area contributed by atoms with E-state index in [0.29, 0.717) is 0 Å². The Morgan fingerprint density at radius 2 is 2.11 bits per heavy atom. The van der Waals surface area contributed by atoms with Gasteiger partial charge in [0.25, 0.3) is 0 Å². The predicted octanol–water partition coefficient (Wildman–Crippen LogP) is 2.51. The largest absolute Gasteiger partial charge is 0.384 e. The fraction of sp³-hybridized carbons (Fsp3) is 1.00. The number of piperidine rings is 1. The molecular weight excluding hydrogens is 236 g/mol. The summed E-state index contributed by atoms with van der Waals surface area (Å²) in [4.78, 5) is 2.70. The molecule has 2 fully saturated rings. The zero-order valence-electron chi connectivity index (χ0n) is 12.9. The number of likely N-dealkylation sites (tertiary alicyclic amines) is 1. The van der Waals surface area contributed by atoms with Crippen molar-refractivity contribution in [1.82, 2.24) is 10.2 Å². The summed E-state index contributed by atoms with van der Waals surface area (Å²) in [5.41, 5.74) is 0. The molecule has 3 atom stereocenters. The molecular formula is C16H32N2O. The molecule has 1 saturated carbocycles. The summed E-state index contributed by atoms with van der Waals surface area (Å²) in [7, 11) is 1.83. The van der Waals surface area contributed by atoms with Crippen LogP contribution in [-0.2, 0) is 4.74 Å². The monoisotopic (exact) mass is 268 g/mol. The maximum atomic E-state index is 5.33. The molecule has 0 bridgehead atoms. The highest BCUT2D eigenvalue weighted by molar-refractivity contribution is 4.86. The summed E-state index contributed by atoms with van der Waals surface area (Å²) >= 11 is 0. The molecule has 0 spiro atoms. The van der Waals surface area contributed by atoms with E-state index in [0.717, 1.165) is 24.5 Å². The van der Waals surface area contributed by atoms with Gasteiger partial charge in [0.2, 0.25) is 0 Å². The molecule has 1 N–H and O–H groups in total. The van der Waals surface area contributed by atoms with E-state index >= 15 is 0 Å². The van der Waals surface area contributed by atoms with Crippen molar-refractivity contribution in [3.8, 4) is 0 Å². The lowest BCUT2D eigenvalue weighted by molar-refractivity contribution is 0.0805. The molecule has 112 valence electrons. The minimum atomic E-state index is 0.766. The van der Waals surface area contributed by atoms with E-state index in [-0.39, 0.29) is 0 Å². The summed E-state index contributed by atoms with van der Waals surface area (Å²) in [6, 6.07) is 0.780. The first-order chi connectivity index (χ1) is 9.33. The molecule has 2 aliphatic rings. The third-order valence-corrected chi connectivity index (χ3v) is 4.81. The summed E-state index contributed by atoms with van der Waals surface area (Å²) < 4.78 is 5.33. The van der Waals surface area contributed by atoms with Crippen LogP contribution in [0.2, 0.25) is 0 Å². The lowest BCUT2D eigenvalue weighted by atomic mass is 9.96. The Morgan fingerprint density at radius 3 is 2.89 bits per heavy atom. The highest BCUT2D eigenvalue weighted by Crippen LogP contribution is 2.28. The van der Waals surface area contributed by atoms with Gasteiger partial charge in [0.05, 0.1) is 6.61 Å². The van der Waals surface area contributed by atoms with E-state index in [1.54, 1.807) is 0 Å². The highest BCUT2D eigenvalue weighted by Gasteiger charge is 2.30. The Labute approximate surface area is 119 Å². The average Bonchev–Trinajstić information content (AvgIpc) is 2.84. The van der Waals surface area contributed by atoms with Crippen molar-refractivity contribution in [2.75, 3.05) is 39.9 Å². The second-order valence-electron chi connectivity index (χ2n) is 6.47. The Balaban J connectivity index is 1.75. The van der Waals surface area contributed by atoms with E-state index in [9.17, 15) is 0 Å². The second-order valence-corrected chi connectivity index (χ2v) is 6.47. The van der Waals surface area contributed by atoms with Crippen LogP contribution in [0.5, 0.6) is 0 Å². The number of rotatable bonds is 7. The minimum Gasteiger partial charge on any atom is -0.384 e. The zero-order chi connectivity index (χ0) is 13.5. The van der Waals surface area contributed by atoms with Crippen molar-refractivity contribution in [3.05, 3.63) is 0 Å². The number of ether oxygens (including phenoxy) is 1. The van der Waals surface area contributed by atoms with Gasteiger partial charge < -0.3 is 15.0 Å². The van der Waals surface area contributed by atoms with Crippen LogP contribution in [0.1, 0.15) is 45.4 Å². The van der Waals surface area contributed by atoms with Gasteiger partial charge in [-0.15, -0.1) is 0 Å². The number of methoxy groups -OCH3 is 1. The lowest BCUT2D eigenvalue weighted by Crippen LogP contribution is -2.44. The summed E-state index contributed by atoms with van der Waals surface area (Å²) in [6.07, 6.45) is 8.19. The third kappa shape index (κ3) is 4.73. The van der Waals surface area contributed by atoms with Crippen LogP contribution in [0.3, 0.4) is 0 Å². The van der Waals surface area contributed by atoms with Crippen molar-refractivity contribution >= 4 is 0 Å². The van der Waals surface area contributed by atoms with Crippen molar-refractivity contribution < 1.29 is 4.74 Å². The Morgan fingerprint density at radius 1 is 1.21 bits per heavy atom. The molecule has 0 amide bonds. The lowest BCUT2D eigenvalue weighted by Gasteiger charge is -2.35. The molecule has 3 heteroatoms. The van der Waals surface area contributed by atoms with Gasteiger partial charge in [-0.2, -0.15) is 0 Å². The Kier molecular flexibility index (Phi) is 6.62. The normalized spacial score (nSPS) is 32.8. The van der Waals surface area contributed by atoms with Gasteiger partial charge in [-0.05, 0) is 57.0 Å². The van der Waals surface area contributed by atoms with Gasteiger partial charge in [0.15, 0.2) is 0 Å². The topological polar surface area (TPSA) is 24.5 Å².